The topological polar surface area (TPSA) is 73.3 Å². The summed E-state index contributed by atoms with van der Waals surface area (Å²) in [5.74, 6) is 3.08. The molecule has 1 aromatic rings. The molecule has 0 radical (unpaired) electrons. The van der Waals surface area contributed by atoms with Crippen molar-refractivity contribution in [2.24, 2.45) is 10.9 Å². The SMILES string of the molecule is CCOc1ccc(CCNC(=NC)NCCCOCC2CCOCC2)cc1OCC.I. The third-order valence-electron chi connectivity index (χ3n) is 4.99. The zero-order valence-corrected chi connectivity index (χ0v) is 21.6. The Hall–Kier alpha value is -1.26. The van der Waals surface area contributed by atoms with E-state index in [1.54, 1.807) is 7.05 Å². The number of aliphatic imine (C=N–C) groups is 1. The molecule has 2 rings (SSSR count). The van der Waals surface area contributed by atoms with Crippen molar-refractivity contribution < 1.29 is 18.9 Å². The second-order valence-electron chi connectivity index (χ2n) is 7.31. The third kappa shape index (κ3) is 11.2. The van der Waals surface area contributed by atoms with Crippen LogP contribution >= 0.6 is 24.0 Å². The first kappa shape index (κ1) is 27.8. The fourth-order valence-electron chi connectivity index (χ4n) is 3.34. The maximum atomic E-state index is 5.81. The Morgan fingerprint density at radius 2 is 1.77 bits per heavy atom. The van der Waals surface area contributed by atoms with E-state index in [0.717, 1.165) is 82.7 Å². The number of nitrogens with zero attached hydrogens (tertiary/aromatic N) is 1. The van der Waals surface area contributed by atoms with Crippen LogP contribution < -0.4 is 20.1 Å². The van der Waals surface area contributed by atoms with Crippen LogP contribution in [0.3, 0.4) is 0 Å². The molecule has 7 nitrogen and oxygen atoms in total. The monoisotopic (exact) mass is 549 g/mol. The maximum Gasteiger partial charge on any atom is 0.190 e. The van der Waals surface area contributed by atoms with Crippen LogP contribution in [0.2, 0.25) is 0 Å². The van der Waals surface area contributed by atoms with Crippen LogP contribution in [0.15, 0.2) is 23.2 Å². The average Bonchev–Trinajstić information content (AvgIpc) is 2.77. The van der Waals surface area contributed by atoms with E-state index in [1.807, 2.05) is 19.9 Å². The van der Waals surface area contributed by atoms with Crippen molar-refractivity contribution in [1.29, 1.82) is 0 Å². The highest BCUT2D eigenvalue weighted by atomic mass is 127. The lowest BCUT2D eigenvalue weighted by Crippen LogP contribution is -2.39. The minimum absolute atomic E-state index is 0. The molecule has 0 atom stereocenters. The smallest absolute Gasteiger partial charge is 0.190 e. The number of hydrogen-bond acceptors (Lipinski definition) is 5. The van der Waals surface area contributed by atoms with Gasteiger partial charge >= 0.3 is 0 Å². The number of benzene rings is 1. The van der Waals surface area contributed by atoms with Gasteiger partial charge in [0.25, 0.3) is 0 Å². The van der Waals surface area contributed by atoms with Gasteiger partial charge in [-0.15, -0.1) is 24.0 Å². The van der Waals surface area contributed by atoms with Crippen molar-refractivity contribution in [1.82, 2.24) is 10.6 Å². The Balaban J connectivity index is 0.00000480. The highest BCUT2D eigenvalue weighted by Gasteiger charge is 2.13. The minimum atomic E-state index is 0. The van der Waals surface area contributed by atoms with Crippen LogP contribution in [0, 0.1) is 5.92 Å². The first-order valence-corrected chi connectivity index (χ1v) is 11.2. The van der Waals surface area contributed by atoms with Crippen LogP contribution in [0.1, 0.15) is 38.7 Å². The summed E-state index contributed by atoms with van der Waals surface area (Å²) in [5.41, 5.74) is 1.20. The van der Waals surface area contributed by atoms with Crippen LogP contribution in [-0.4, -0.2) is 65.7 Å². The summed E-state index contributed by atoms with van der Waals surface area (Å²) in [7, 11) is 1.79. The van der Waals surface area contributed by atoms with Crippen LogP contribution in [0.5, 0.6) is 11.5 Å². The lowest BCUT2D eigenvalue weighted by atomic mass is 10.0. The molecule has 1 heterocycles. The van der Waals surface area contributed by atoms with Gasteiger partial charge in [0, 0.05) is 46.6 Å². The fraction of sp³-hybridized carbons (Fsp3) is 0.696. The number of ether oxygens (including phenoxy) is 4. The summed E-state index contributed by atoms with van der Waals surface area (Å²) in [6, 6.07) is 6.13. The Kier molecular flexibility index (Phi) is 15.5. The second-order valence-corrected chi connectivity index (χ2v) is 7.31. The van der Waals surface area contributed by atoms with Crippen molar-refractivity contribution in [3.63, 3.8) is 0 Å². The highest BCUT2D eigenvalue weighted by Crippen LogP contribution is 2.28. The van der Waals surface area contributed by atoms with Gasteiger partial charge in [0.2, 0.25) is 0 Å². The quantitative estimate of drug-likeness (QED) is 0.170. The molecule has 1 fully saturated rings. The van der Waals surface area contributed by atoms with Gasteiger partial charge in [0.1, 0.15) is 0 Å². The molecule has 0 saturated carbocycles. The molecule has 0 spiro atoms. The molecule has 0 unspecified atom stereocenters. The maximum absolute atomic E-state index is 5.81. The van der Waals surface area contributed by atoms with Gasteiger partial charge in [-0.25, -0.2) is 0 Å². The van der Waals surface area contributed by atoms with E-state index in [2.05, 4.69) is 27.8 Å². The van der Waals surface area contributed by atoms with E-state index >= 15 is 0 Å². The molecule has 1 saturated heterocycles. The third-order valence-corrected chi connectivity index (χ3v) is 4.99. The molecule has 0 amide bonds. The molecule has 1 aliphatic heterocycles. The molecule has 1 aliphatic rings. The van der Waals surface area contributed by atoms with E-state index in [9.17, 15) is 0 Å². The molecule has 8 heteroatoms. The first-order valence-electron chi connectivity index (χ1n) is 11.2. The standard InChI is InChI=1S/C23H39N3O4.HI/c1-4-29-21-8-7-19(17-22(21)30-5-2)9-13-26-23(24-3)25-12-6-14-28-18-20-10-15-27-16-11-20;/h7-8,17,20H,4-6,9-16,18H2,1-3H3,(H2,24,25,26);1H. The number of halogens is 1. The normalized spacial score (nSPS) is 14.6. The minimum Gasteiger partial charge on any atom is -0.490 e. The highest BCUT2D eigenvalue weighted by molar-refractivity contribution is 14.0. The molecular weight excluding hydrogens is 509 g/mol. The molecular formula is C23H40IN3O4. The summed E-state index contributed by atoms with van der Waals surface area (Å²) in [5, 5.41) is 6.71. The fourth-order valence-corrected chi connectivity index (χ4v) is 3.34. The molecule has 2 N–H and O–H groups in total. The Morgan fingerprint density at radius 3 is 2.48 bits per heavy atom. The first-order chi connectivity index (χ1) is 14.8. The van der Waals surface area contributed by atoms with Crippen molar-refractivity contribution >= 4 is 29.9 Å². The van der Waals surface area contributed by atoms with Crippen molar-refractivity contribution in [2.45, 2.75) is 39.5 Å². The molecule has 31 heavy (non-hydrogen) atoms. The van der Waals surface area contributed by atoms with E-state index < -0.39 is 0 Å². The Bertz CT molecular complexity index is 625. The summed E-state index contributed by atoms with van der Waals surface area (Å²) >= 11 is 0. The summed E-state index contributed by atoms with van der Waals surface area (Å²) in [6.45, 7) is 10.2. The Morgan fingerprint density at radius 1 is 1.06 bits per heavy atom. The number of rotatable bonds is 13. The lowest BCUT2D eigenvalue weighted by Gasteiger charge is -2.21. The summed E-state index contributed by atoms with van der Waals surface area (Å²) < 4.78 is 22.5. The van der Waals surface area contributed by atoms with E-state index in [0.29, 0.717) is 19.1 Å². The summed E-state index contributed by atoms with van der Waals surface area (Å²) in [6.07, 6.45) is 4.08. The number of guanidine groups is 1. The molecule has 0 aromatic heterocycles. The number of hydrogen-bond donors (Lipinski definition) is 2. The van der Waals surface area contributed by atoms with Crippen LogP contribution in [0.4, 0.5) is 0 Å². The van der Waals surface area contributed by atoms with Gasteiger partial charge in [0.15, 0.2) is 17.5 Å². The second kappa shape index (κ2) is 17.3. The van der Waals surface area contributed by atoms with Crippen molar-refractivity contribution in [2.75, 3.05) is 59.8 Å². The van der Waals surface area contributed by atoms with Crippen LogP contribution in [-0.2, 0) is 15.9 Å². The molecule has 1 aromatic carbocycles. The van der Waals surface area contributed by atoms with Gasteiger partial charge in [-0.05, 0) is 63.1 Å². The van der Waals surface area contributed by atoms with Gasteiger partial charge in [-0.3, -0.25) is 4.99 Å². The largest absolute Gasteiger partial charge is 0.490 e. The molecule has 0 bridgehead atoms. The Labute approximate surface area is 204 Å². The molecule has 0 aliphatic carbocycles. The zero-order valence-electron chi connectivity index (χ0n) is 19.3. The van der Waals surface area contributed by atoms with E-state index in [4.69, 9.17) is 18.9 Å². The van der Waals surface area contributed by atoms with E-state index in [1.165, 1.54) is 5.56 Å². The lowest BCUT2D eigenvalue weighted by molar-refractivity contribution is 0.0203. The van der Waals surface area contributed by atoms with Crippen molar-refractivity contribution in [3.8, 4) is 11.5 Å². The predicted octanol–water partition coefficient (Wildman–Crippen LogP) is 3.64. The van der Waals surface area contributed by atoms with Crippen molar-refractivity contribution in [3.05, 3.63) is 23.8 Å². The molecule has 178 valence electrons. The van der Waals surface area contributed by atoms with Gasteiger partial charge in [0.05, 0.1) is 13.2 Å². The zero-order chi connectivity index (χ0) is 21.4. The van der Waals surface area contributed by atoms with Gasteiger partial charge < -0.3 is 29.6 Å². The predicted molar refractivity (Wildman–Crippen MR) is 136 cm³/mol. The van der Waals surface area contributed by atoms with Gasteiger partial charge in [-0.1, -0.05) is 6.07 Å². The van der Waals surface area contributed by atoms with Gasteiger partial charge in [-0.2, -0.15) is 0 Å². The van der Waals surface area contributed by atoms with Crippen LogP contribution in [0.25, 0.3) is 0 Å². The number of nitrogens with one attached hydrogen (secondary N) is 2. The van der Waals surface area contributed by atoms with E-state index in [-0.39, 0.29) is 24.0 Å². The average molecular weight is 549 g/mol. The summed E-state index contributed by atoms with van der Waals surface area (Å²) in [4.78, 5) is 4.29.